The lowest BCUT2D eigenvalue weighted by Gasteiger charge is -2.39. The maximum Gasteiger partial charge on any atom is 0.328 e. The number of esters is 1. The molecule has 5 aromatic rings. The van der Waals surface area contributed by atoms with E-state index in [1.54, 1.807) is 36.4 Å². The number of rotatable bonds is 13. The van der Waals surface area contributed by atoms with E-state index in [9.17, 15) is 22.8 Å². The number of nitriles is 1. The van der Waals surface area contributed by atoms with Crippen molar-refractivity contribution in [2.24, 2.45) is 4.99 Å². The number of hydrogen-bond donors (Lipinski definition) is 2. The highest BCUT2D eigenvalue weighted by atomic mass is 35.5. The first-order valence-electron chi connectivity index (χ1n) is 20.7. The summed E-state index contributed by atoms with van der Waals surface area (Å²) >= 11 is 13.1. The molecule has 8 rings (SSSR count). The van der Waals surface area contributed by atoms with E-state index in [-0.39, 0.29) is 38.5 Å². The monoisotopic (exact) mass is 967 g/mol. The van der Waals surface area contributed by atoms with Crippen LogP contribution in [0.2, 0.25) is 10.0 Å². The maximum absolute atomic E-state index is 14.9. The van der Waals surface area contributed by atoms with Gasteiger partial charge in [-0.25, -0.2) is 13.2 Å². The summed E-state index contributed by atoms with van der Waals surface area (Å²) in [4.78, 5) is 44.0. The van der Waals surface area contributed by atoms with Crippen LogP contribution in [-0.2, 0) is 55.1 Å². The predicted octanol–water partition coefficient (Wildman–Crippen LogP) is 7.53. The Morgan fingerprint density at radius 1 is 0.939 bits per heavy atom. The van der Waals surface area contributed by atoms with Gasteiger partial charge in [-0.05, 0) is 101 Å². The molecule has 2 amide bonds. The molecule has 14 nitrogen and oxygen atoms in total. The van der Waals surface area contributed by atoms with Gasteiger partial charge in [0.2, 0.25) is 21.8 Å². The number of fused-ring (bicyclic) bond motifs is 2. The van der Waals surface area contributed by atoms with Crippen molar-refractivity contribution < 1.29 is 41.7 Å². The number of halogens is 2. The Morgan fingerprint density at radius 2 is 1.62 bits per heavy atom. The fourth-order valence-corrected chi connectivity index (χ4v) is 11.6. The molecule has 5 aromatic carbocycles. The SMILES string of the molecule is COC(=O)[C@H](Cc1ccc(-c2ccc(C#N)cc2)cc1)NC(=O)C1Cc2cc3c(cc2CN1S(=O)(=O)C1(C)C=NC(NC(C)=O)S1)O[C@@H](c1ccc(OCc2ccc(Cl)c(Cl)c2)cc1)CO3. The average molecular weight is 969 g/mol. The summed E-state index contributed by atoms with van der Waals surface area (Å²) in [6.45, 7) is 3.03. The number of nitrogens with one attached hydrogen (secondary N) is 2. The minimum Gasteiger partial charge on any atom is -0.489 e. The quantitative estimate of drug-likeness (QED) is 0.111. The topological polar surface area (TPSA) is 186 Å². The zero-order chi connectivity index (χ0) is 46.8. The first-order chi connectivity index (χ1) is 31.6. The number of hydrogen-bond acceptors (Lipinski definition) is 12. The minimum atomic E-state index is -4.42. The van der Waals surface area contributed by atoms with E-state index in [1.807, 2.05) is 66.7 Å². The Balaban J connectivity index is 1.03. The highest BCUT2D eigenvalue weighted by Crippen LogP contribution is 2.45. The van der Waals surface area contributed by atoms with E-state index in [0.29, 0.717) is 49.5 Å². The van der Waals surface area contributed by atoms with Gasteiger partial charge in [0.1, 0.15) is 31.0 Å². The van der Waals surface area contributed by atoms with Gasteiger partial charge in [-0.1, -0.05) is 89.6 Å². The van der Waals surface area contributed by atoms with E-state index in [1.165, 1.54) is 27.2 Å². The molecule has 0 aliphatic carbocycles. The van der Waals surface area contributed by atoms with Gasteiger partial charge in [0.05, 0.1) is 28.8 Å². The summed E-state index contributed by atoms with van der Waals surface area (Å²) in [5.74, 6) is -0.352. The van der Waals surface area contributed by atoms with Crippen molar-refractivity contribution in [3.8, 4) is 34.4 Å². The number of ether oxygens (including phenoxy) is 4. The molecule has 5 atom stereocenters. The maximum atomic E-state index is 14.9. The molecule has 3 unspecified atom stereocenters. The summed E-state index contributed by atoms with van der Waals surface area (Å²) in [6.07, 6.45) is 0.758. The van der Waals surface area contributed by atoms with Crippen LogP contribution in [0.5, 0.6) is 17.2 Å². The molecule has 3 aliphatic heterocycles. The Labute approximate surface area is 396 Å². The molecule has 340 valence electrons. The van der Waals surface area contributed by atoms with Crippen LogP contribution in [-0.4, -0.2) is 72.1 Å². The van der Waals surface area contributed by atoms with Gasteiger partial charge in [0, 0.05) is 26.1 Å². The van der Waals surface area contributed by atoms with Crippen molar-refractivity contribution in [2.75, 3.05) is 13.7 Å². The van der Waals surface area contributed by atoms with Crippen LogP contribution in [0.3, 0.4) is 0 Å². The zero-order valence-electron chi connectivity index (χ0n) is 35.8. The van der Waals surface area contributed by atoms with Crippen LogP contribution in [0.4, 0.5) is 0 Å². The van der Waals surface area contributed by atoms with Gasteiger partial charge in [-0.15, -0.1) is 0 Å². The first-order valence-corrected chi connectivity index (χ1v) is 23.8. The van der Waals surface area contributed by atoms with Crippen LogP contribution >= 0.6 is 35.0 Å². The molecule has 0 aromatic heterocycles. The second kappa shape index (κ2) is 19.4. The predicted molar refractivity (Wildman–Crippen MR) is 251 cm³/mol. The second-order valence-corrected chi connectivity index (χ2v) is 20.9. The smallest absolute Gasteiger partial charge is 0.328 e. The van der Waals surface area contributed by atoms with Gasteiger partial charge in [-0.2, -0.15) is 9.57 Å². The molecule has 66 heavy (non-hydrogen) atoms. The molecule has 0 fully saturated rings. The van der Waals surface area contributed by atoms with Crippen molar-refractivity contribution in [3.05, 3.63) is 147 Å². The number of carbonyl (C=O) groups excluding carboxylic acids is 3. The van der Waals surface area contributed by atoms with E-state index in [4.69, 9.17) is 47.4 Å². The third-order valence-electron chi connectivity index (χ3n) is 11.4. The van der Waals surface area contributed by atoms with E-state index in [2.05, 4.69) is 21.7 Å². The van der Waals surface area contributed by atoms with Crippen molar-refractivity contribution in [3.63, 3.8) is 0 Å². The largest absolute Gasteiger partial charge is 0.489 e. The number of aliphatic imine (C=N–C) groups is 1. The Hall–Kier alpha value is -6.09. The molecule has 18 heteroatoms. The lowest BCUT2D eigenvalue weighted by molar-refractivity contribution is -0.145. The molecular weight excluding hydrogens is 926 g/mol. The number of benzene rings is 5. The number of sulfonamides is 1. The van der Waals surface area contributed by atoms with Gasteiger partial charge in [0.25, 0.3) is 0 Å². The van der Waals surface area contributed by atoms with Crippen molar-refractivity contribution in [1.82, 2.24) is 14.9 Å². The standard InChI is InChI=1S/C48H43Cl2N5O9S2/c1-28(56)53-47-52-27-48(2,65-47)66(59,60)55-24-36-22-43-42(63-26-44(64-43)34-13-15-37(16-14-34)62-25-31-8-17-38(49)39(50)18-31)21-35(36)20-41(55)45(57)54-40(46(58)61-3)19-29-4-9-32(10-5-29)33-11-6-30(23-51)7-12-33/h4-18,21-22,27,40-41,44,47H,19-20,24-26H2,1-3H3,(H,53,56)(H,54,57)/t40-,41?,44+,47?,48?/m0/s1. The van der Waals surface area contributed by atoms with Gasteiger partial charge in [-0.3, -0.25) is 14.6 Å². The van der Waals surface area contributed by atoms with Crippen LogP contribution in [0.1, 0.15) is 53.3 Å². The fraction of sp³-hybridized carbons (Fsp3) is 0.271. The number of thioether (sulfide) groups is 1. The summed E-state index contributed by atoms with van der Waals surface area (Å²) in [6, 6.07) is 30.4. The second-order valence-electron chi connectivity index (χ2n) is 16.0. The molecule has 0 radical (unpaired) electrons. The first kappa shape index (κ1) is 46.4. The fourth-order valence-electron chi connectivity index (χ4n) is 7.84. The summed E-state index contributed by atoms with van der Waals surface area (Å²) in [5, 5.41) is 15.5. The summed E-state index contributed by atoms with van der Waals surface area (Å²) in [5.41, 5.74) is 5.10. The van der Waals surface area contributed by atoms with Crippen molar-refractivity contribution >= 4 is 69.0 Å². The Bertz CT molecular complexity index is 2860. The van der Waals surface area contributed by atoms with Gasteiger partial charge >= 0.3 is 5.97 Å². The number of nitrogens with zero attached hydrogens (tertiary/aromatic N) is 3. The highest BCUT2D eigenvalue weighted by Gasteiger charge is 2.52. The lowest BCUT2D eigenvalue weighted by atomic mass is 9.93. The number of methoxy groups -OCH3 is 1. The molecule has 3 heterocycles. The third kappa shape index (κ3) is 10.0. The van der Waals surface area contributed by atoms with E-state index in [0.717, 1.165) is 38.3 Å². The molecular formula is C48H43Cl2N5O9S2. The average Bonchev–Trinajstić information content (AvgIpc) is 3.71. The van der Waals surface area contributed by atoms with Crippen molar-refractivity contribution in [1.29, 1.82) is 5.26 Å². The van der Waals surface area contributed by atoms with Crippen LogP contribution in [0, 0.1) is 11.3 Å². The lowest BCUT2D eigenvalue weighted by Crippen LogP contribution is -2.58. The molecule has 0 saturated carbocycles. The number of carbonyl (C=O) groups is 3. The molecule has 2 N–H and O–H groups in total. The van der Waals surface area contributed by atoms with Crippen LogP contribution in [0.25, 0.3) is 11.1 Å². The Kier molecular flexibility index (Phi) is 13.7. The number of amides is 2. The molecule has 0 saturated heterocycles. The molecule has 0 spiro atoms. The minimum absolute atomic E-state index is 0.0507. The normalized spacial score (nSPS) is 20.3. The van der Waals surface area contributed by atoms with Crippen LogP contribution < -0.4 is 24.8 Å². The van der Waals surface area contributed by atoms with Gasteiger partial charge < -0.3 is 29.6 Å². The third-order valence-corrected chi connectivity index (χ3v) is 16.3. The van der Waals surface area contributed by atoms with Gasteiger partial charge in [0.15, 0.2) is 27.2 Å². The zero-order valence-corrected chi connectivity index (χ0v) is 39.0. The van der Waals surface area contributed by atoms with Crippen molar-refractivity contribution in [2.45, 2.75) is 67.6 Å². The van der Waals surface area contributed by atoms with E-state index >= 15 is 0 Å². The summed E-state index contributed by atoms with van der Waals surface area (Å²) < 4.78 is 52.9. The van der Waals surface area contributed by atoms with Crippen LogP contribution in [0.15, 0.2) is 108 Å². The molecule has 0 bridgehead atoms. The Morgan fingerprint density at radius 3 is 2.29 bits per heavy atom. The van der Waals surface area contributed by atoms with E-state index < -0.39 is 49.7 Å². The highest BCUT2D eigenvalue weighted by molar-refractivity contribution is 8.15. The molecule has 3 aliphatic rings. The summed E-state index contributed by atoms with van der Waals surface area (Å²) in [7, 11) is -3.21.